The molecule has 0 rings (SSSR count). The normalized spacial score (nSPS) is 16.9. The molecule has 0 heterocycles. The van der Waals surface area contributed by atoms with Crippen molar-refractivity contribution in [2.75, 3.05) is 20.0 Å². The van der Waals surface area contributed by atoms with Crippen LogP contribution in [0.15, 0.2) is 0 Å². The average molecular weight is 209 g/mol. The lowest BCUT2D eigenvalue weighted by molar-refractivity contribution is 0.190. The first kappa shape index (κ1) is 12.9. The molecule has 2 unspecified atom stereocenters. The topological polar surface area (TPSA) is 69.4 Å². The van der Waals surface area contributed by atoms with E-state index >= 15 is 0 Å². The molecule has 0 saturated heterocycles. The SMILES string of the molecule is COCCCC(N)C(C)S(C)(=O)=O. The number of hydrogen-bond donors (Lipinski definition) is 1. The molecule has 0 bridgehead atoms. The molecule has 0 aliphatic heterocycles. The highest BCUT2D eigenvalue weighted by Crippen LogP contribution is 2.07. The zero-order valence-electron chi connectivity index (χ0n) is 8.49. The first-order chi connectivity index (χ1) is 5.89. The van der Waals surface area contributed by atoms with Gasteiger partial charge in [-0.3, -0.25) is 0 Å². The van der Waals surface area contributed by atoms with Gasteiger partial charge in [-0.15, -0.1) is 0 Å². The predicted molar refractivity (Wildman–Crippen MR) is 53.4 cm³/mol. The summed E-state index contributed by atoms with van der Waals surface area (Å²) < 4.78 is 27.0. The van der Waals surface area contributed by atoms with Gasteiger partial charge < -0.3 is 10.5 Å². The van der Waals surface area contributed by atoms with Crippen LogP contribution >= 0.6 is 0 Å². The summed E-state index contributed by atoms with van der Waals surface area (Å²) in [4.78, 5) is 0. The van der Waals surface area contributed by atoms with Crippen molar-refractivity contribution in [2.45, 2.75) is 31.1 Å². The Hall–Kier alpha value is -0.130. The molecule has 80 valence electrons. The number of rotatable bonds is 6. The quantitative estimate of drug-likeness (QED) is 0.633. The third-order valence-electron chi connectivity index (χ3n) is 2.16. The van der Waals surface area contributed by atoms with Gasteiger partial charge in [0.05, 0.1) is 5.25 Å². The summed E-state index contributed by atoms with van der Waals surface area (Å²) in [6.45, 7) is 2.27. The highest BCUT2D eigenvalue weighted by molar-refractivity contribution is 7.91. The van der Waals surface area contributed by atoms with E-state index in [0.29, 0.717) is 13.0 Å². The van der Waals surface area contributed by atoms with Crippen LogP contribution in [0, 0.1) is 0 Å². The lowest BCUT2D eigenvalue weighted by atomic mass is 10.1. The van der Waals surface area contributed by atoms with Gasteiger partial charge in [0, 0.05) is 26.0 Å². The fourth-order valence-corrected chi connectivity index (χ4v) is 1.79. The van der Waals surface area contributed by atoms with E-state index in [2.05, 4.69) is 0 Å². The highest BCUT2D eigenvalue weighted by atomic mass is 32.2. The molecular formula is C8H19NO3S. The molecule has 0 aromatic rings. The van der Waals surface area contributed by atoms with Crippen LogP contribution in [-0.2, 0) is 14.6 Å². The zero-order valence-corrected chi connectivity index (χ0v) is 9.30. The van der Waals surface area contributed by atoms with Crippen LogP contribution in [0.3, 0.4) is 0 Å². The van der Waals surface area contributed by atoms with E-state index in [0.717, 1.165) is 6.42 Å². The lowest BCUT2D eigenvalue weighted by Crippen LogP contribution is -2.37. The minimum atomic E-state index is -3.01. The van der Waals surface area contributed by atoms with Gasteiger partial charge in [-0.1, -0.05) is 0 Å². The summed E-state index contributed by atoms with van der Waals surface area (Å²) in [6, 6.07) is -0.287. The number of nitrogens with two attached hydrogens (primary N) is 1. The summed E-state index contributed by atoms with van der Waals surface area (Å²) >= 11 is 0. The van der Waals surface area contributed by atoms with E-state index in [1.807, 2.05) is 0 Å². The summed E-state index contributed by atoms with van der Waals surface area (Å²) in [6.07, 6.45) is 2.70. The van der Waals surface area contributed by atoms with Crippen molar-refractivity contribution in [3.8, 4) is 0 Å². The Balaban J connectivity index is 3.90. The second kappa shape index (κ2) is 5.57. The number of sulfone groups is 1. The van der Waals surface area contributed by atoms with Crippen LogP contribution in [0.25, 0.3) is 0 Å². The fraction of sp³-hybridized carbons (Fsp3) is 1.00. The highest BCUT2D eigenvalue weighted by Gasteiger charge is 2.21. The molecule has 0 spiro atoms. The van der Waals surface area contributed by atoms with Gasteiger partial charge in [-0.05, 0) is 19.8 Å². The third-order valence-corrected chi connectivity index (χ3v) is 3.86. The molecule has 0 amide bonds. The van der Waals surface area contributed by atoms with Gasteiger partial charge in [-0.2, -0.15) is 0 Å². The number of ether oxygens (including phenoxy) is 1. The van der Waals surface area contributed by atoms with E-state index in [1.54, 1.807) is 14.0 Å². The second-order valence-electron chi connectivity index (χ2n) is 3.33. The van der Waals surface area contributed by atoms with E-state index in [9.17, 15) is 8.42 Å². The minimum Gasteiger partial charge on any atom is -0.385 e. The summed E-state index contributed by atoms with van der Waals surface area (Å²) in [5, 5.41) is -0.468. The van der Waals surface area contributed by atoms with Crippen LogP contribution in [0.1, 0.15) is 19.8 Å². The smallest absolute Gasteiger partial charge is 0.151 e. The number of methoxy groups -OCH3 is 1. The first-order valence-corrected chi connectivity index (χ1v) is 6.28. The van der Waals surface area contributed by atoms with Gasteiger partial charge in [-0.25, -0.2) is 8.42 Å². The number of hydrogen-bond acceptors (Lipinski definition) is 4. The van der Waals surface area contributed by atoms with Gasteiger partial charge in [0.15, 0.2) is 9.84 Å². The van der Waals surface area contributed by atoms with Crippen LogP contribution in [0.4, 0.5) is 0 Å². The van der Waals surface area contributed by atoms with Crippen molar-refractivity contribution < 1.29 is 13.2 Å². The van der Waals surface area contributed by atoms with Crippen molar-refractivity contribution >= 4 is 9.84 Å². The van der Waals surface area contributed by atoms with Gasteiger partial charge >= 0.3 is 0 Å². The summed E-state index contributed by atoms with van der Waals surface area (Å²) in [7, 11) is -1.39. The molecule has 2 N–H and O–H groups in total. The monoisotopic (exact) mass is 209 g/mol. The Morgan fingerprint density at radius 1 is 1.46 bits per heavy atom. The Morgan fingerprint density at radius 2 is 2.00 bits per heavy atom. The molecule has 5 heteroatoms. The Morgan fingerprint density at radius 3 is 2.38 bits per heavy atom. The van der Waals surface area contributed by atoms with Crippen LogP contribution in [-0.4, -0.2) is 39.7 Å². The fourth-order valence-electron chi connectivity index (χ4n) is 1.02. The Kier molecular flexibility index (Phi) is 5.51. The molecule has 0 aromatic heterocycles. The van der Waals surface area contributed by atoms with Crippen LogP contribution in [0.5, 0.6) is 0 Å². The van der Waals surface area contributed by atoms with Crippen molar-refractivity contribution in [1.82, 2.24) is 0 Å². The third kappa shape index (κ3) is 5.23. The van der Waals surface area contributed by atoms with Crippen molar-refractivity contribution in [2.24, 2.45) is 5.73 Å². The summed E-state index contributed by atoms with van der Waals surface area (Å²) in [5.74, 6) is 0. The molecule has 4 nitrogen and oxygen atoms in total. The van der Waals surface area contributed by atoms with E-state index < -0.39 is 15.1 Å². The Labute approximate surface area is 80.4 Å². The van der Waals surface area contributed by atoms with Crippen molar-refractivity contribution in [1.29, 1.82) is 0 Å². The molecule has 13 heavy (non-hydrogen) atoms. The average Bonchev–Trinajstić information content (AvgIpc) is 2.01. The largest absolute Gasteiger partial charge is 0.385 e. The summed E-state index contributed by atoms with van der Waals surface area (Å²) in [5.41, 5.74) is 5.71. The van der Waals surface area contributed by atoms with Crippen molar-refractivity contribution in [3.05, 3.63) is 0 Å². The molecular weight excluding hydrogens is 190 g/mol. The molecule has 0 aliphatic rings. The van der Waals surface area contributed by atoms with Gasteiger partial charge in [0.25, 0.3) is 0 Å². The van der Waals surface area contributed by atoms with Gasteiger partial charge in [0.2, 0.25) is 0 Å². The predicted octanol–water partition coefficient (Wildman–Crippen LogP) is 0.173. The minimum absolute atomic E-state index is 0.287. The molecule has 0 fully saturated rings. The van der Waals surface area contributed by atoms with Crippen LogP contribution < -0.4 is 5.73 Å². The second-order valence-corrected chi connectivity index (χ2v) is 5.74. The van der Waals surface area contributed by atoms with Crippen molar-refractivity contribution in [3.63, 3.8) is 0 Å². The first-order valence-electron chi connectivity index (χ1n) is 4.33. The molecule has 0 aromatic carbocycles. The maximum absolute atomic E-state index is 11.1. The van der Waals surface area contributed by atoms with E-state index in [-0.39, 0.29) is 6.04 Å². The maximum Gasteiger partial charge on any atom is 0.151 e. The molecule has 0 aliphatic carbocycles. The molecule has 2 atom stereocenters. The molecule has 0 radical (unpaired) electrons. The molecule has 0 saturated carbocycles. The van der Waals surface area contributed by atoms with Gasteiger partial charge in [0.1, 0.15) is 0 Å². The standard InChI is InChI=1S/C8H19NO3S/c1-7(13(3,10)11)8(9)5-4-6-12-2/h7-8H,4-6,9H2,1-3H3. The lowest BCUT2D eigenvalue weighted by Gasteiger charge is -2.17. The van der Waals surface area contributed by atoms with Crippen LogP contribution in [0.2, 0.25) is 0 Å². The zero-order chi connectivity index (χ0) is 10.5. The van der Waals surface area contributed by atoms with E-state index in [1.165, 1.54) is 6.26 Å². The maximum atomic E-state index is 11.1. The van der Waals surface area contributed by atoms with E-state index in [4.69, 9.17) is 10.5 Å². The Bertz CT molecular complexity index is 226.